The van der Waals surface area contributed by atoms with Gasteiger partial charge in [0.15, 0.2) is 5.11 Å². The van der Waals surface area contributed by atoms with E-state index >= 15 is 0 Å². The molecular weight excluding hydrogens is 354 g/mol. The van der Waals surface area contributed by atoms with Crippen molar-refractivity contribution in [2.45, 2.75) is 25.4 Å². The second-order valence-corrected chi connectivity index (χ2v) is 6.97. The Morgan fingerprint density at radius 1 is 0.963 bits per heavy atom. The smallest absolute Gasteiger partial charge is 0.173 e. The Bertz CT molecular complexity index is 880. The number of benzene rings is 2. The second-order valence-electron chi connectivity index (χ2n) is 6.58. The van der Waals surface area contributed by atoms with E-state index in [1.807, 2.05) is 79.1 Å². The molecule has 1 heterocycles. The highest BCUT2D eigenvalue weighted by Crippen LogP contribution is 2.29. The number of thiocarbonyl (C=S) groups is 1. The number of nitrogens with one attached hydrogen (secondary N) is 1. The van der Waals surface area contributed by atoms with E-state index in [4.69, 9.17) is 17.0 Å². The standard InChI is InChI=1S/C22H21N3OS/c27-22(25(19-8-9-19)16-17-12-14-23-15-13-17)24-18-6-10-21(11-7-18)26-20-4-2-1-3-5-20/h1-7,10-15,19H,8-9,16H2,(H,24,27). The molecule has 2 aromatic carbocycles. The summed E-state index contributed by atoms with van der Waals surface area (Å²) in [5.74, 6) is 1.62. The van der Waals surface area contributed by atoms with Gasteiger partial charge in [0.1, 0.15) is 11.5 Å². The van der Waals surface area contributed by atoms with Gasteiger partial charge in [-0.25, -0.2) is 0 Å². The van der Waals surface area contributed by atoms with Crippen molar-refractivity contribution < 1.29 is 4.74 Å². The van der Waals surface area contributed by atoms with Gasteiger partial charge in [-0.2, -0.15) is 0 Å². The van der Waals surface area contributed by atoms with E-state index in [-0.39, 0.29) is 0 Å². The van der Waals surface area contributed by atoms with Crippen LogP contribution in [0.25, 0.3) is 0 Å². The zero-order valence-corrected chi connectivity index (χ0v) is 15.7. The summed E-state index contributed by atoms with van der Waals surface area (Å²) >= 11 is 5.68. The molecule has 0 saturated heterocycles. The third kappa shape index (κ3) is 4.83. The number of rotatable bonds is 6. The molecule has 1 saturated carbocycles. The van der Waals surface area contributed by atoms with Gasteiger partial charge in [-0.3, -0.25) is 4.98 Å². The lowest BCUT2D eigenvalue weighted by molar-refractivity contribution is 0.409. The van der Waals surface area contributed by atoms with Crippen LogP contribution >= 0.6 is 12.2 Å². The molecule has 0 atom stereocenters. The normalized spacial score (nSPS) is 13.0. The Morgan fingerprint density at radius 2 is 1.63 bits per heavy atom. The zero-order chi connectivity index (χ0) is 18.5. The second kappa shape index (κ2) is 8.18. The van der Waals surface area contributed by atoms with Crippen LogP contribution in [0.2, 0.25) is 0 Å². The van der Waals surface area contributed by atoms with Crippen LogP contribution in [0.4, 0.5) is 5.69 Å². The molecule has 5 heteroatoms. The molecule has 0 radical (unpaired) electrons. The first-order chi connectivity index (χ1) is 13.3. The number of hydrogen-bond donors (Lipinski definition) is 1. The Labute approximate surface area is 164 Å². The molecule has 1 aromatic heterocycles. The summed E-state index contributed by atoms with van der Waals surface area (Å²) in [5, 5.41) is 4.12. The van der Waals surface area contributed by atoms with E-state index in [9.17, 15) is 0 Å². The third-order valence-corrected chi connectivity index (χ3v) is 4.77. The molecule has 1 aliphatic carbocycles. The fourth-order valence-electron chi connectivity index (χ4n) is 2.86. The quantitative estimate of drug-likeness (QED) is 0.597. The molecule has 3 aromatic rings. The molecule has 4 nitrogen and oxygen atoms in total. The number of anilines is 1. The molecule has 1 fully saturated rings. The molecule has 1 N–H and O–H groups in total. The van der Waals surface area contributed by atoms with Crippen LogP contribution in [-0.2, 0) is 6.54 Å². The molecular formula is C22H21N3OS. The van der Waals surface area contributed by atoms with Gasteiger partial charge in [0.05, 0.1) is 0 Å². The Hall–Kier alpha value is -2.92. The predicted molar refractivity (Wildman–Crippen MR) is 112 cm³/mol. The molecule has 0 aliphatic heterocycles. The van der Waals surface area contributed by atoms with Gasteiger partial charge in [-0.15, -0.1) is 0 Å². The largest absolute Gasteiger partial charge is 0.457 e. The van der Waals surface area contributed by atoms with Crippen molar-refractivity contribution in [2.75, 3.05) is 5.32 Å². The molecule has 0 unspecified atom stereocenters. The summed E-state index contributed by atoms with van der Waals surface area (Å²) in [5.41, 5.74) is 2.17. The molecule has 1 aliphatic rings. The number of nitrogens with zero attached hydrogens (tertiary/aromatic N) is 2. The predicted octanol–water partition coefficient (Wildman–Crippen LogP) is 5.24. The molecule has 4 rings (SSSR count). The SMILES string of the molecule is S=C(Nc1ccc(Oc2ccccc2)cc1)N(Cc1ccncc1)C1CC1. The van der Waals surface area contributed by atoms with Crippen molar-refractivity contribution in [3.63, 3.8) is 0 Å². The average molecular weight is 375 g/mol. The van der Waals surface area contributed by atoms with Crippen molar-refractivity contribution in [1.29, 1.82) is 0 Å². The van der Waals surface area contributed by atoms with Crippen LogP contribution in [-0.4, -0.2) is 21.0 Å². The van der Waals surface area contributed by atoms with Crippen molar-refractivity contribution in [2.24, 2.45) is 0 Å². The Kier molecular flexibility index (Phi) is 5.30. The fourth-order valence-corrected chi connectivity index (χ4v) is 3.20. The lowest BCUT2D eigenvalue weighted by Crippen LogP contribution is -2.36. The first kappa shape index (κ1) is 17.5. The van der Waals surface area contributed by atoms with Crippen LogP contribution in [0, 0.1) is 0 Å². The molecule has 136 valence electrons. The lowest BCUT2D eigenvalue weighted by atomic mass is 10.2. The minimum atomic E-state index is 0.527. The minimum absolute atomic E-state index is 0.527. The molecule has 0 amide bonds. The van der Waals surface area contributed by atoms with Crippen molar-refractivity contribution in [1.82, 2.24) is 9.88 Å². The first-order valence-corrected chi connectivity index (χ1v) is 9.48. The fraction of sp³-hybridized carbons (Fsp3) is 0.182. The van der Waals surface area contributed by atoms with Gasteiger partial charge < -0.3 is 15.0 Å². The maximum Gasteiger partial charge on any atom is 0.173 e. The van der Waals surface area contributed by atoms with Crippen LogP contribution < -0.4 is 10.1 Å². The first-order valence-electron chi connectivity index (χ1n) is 9.07. The van der Waals surface area contributed by atoms with Crippen molar-refractivity contribution in [3.8, 4) is 11.5 Å². The number of pyridine rings is 1. The van der Waals surface area contributed by atoms with Gasteiger partial charge in [0, 0.05) is 30.7 Å². The van der Waals surface area contributed by atoms with Gasteiger partial charge in [0.2, 0.25) is 0 Å². The third-order valence-electron chi connectivity index (χ3n) is 4.44. The topological polar surface area (TPSA) is 37.4 Å². The summed E-state index contributed by atoms with van der Waals surface area (Å²) in [4.78, 5) is 6.35. The van der Waals surface area contributed by atoms with Gasteiger partial charge in [-0.05, 0) is 79.2 Å². The molecule has 0 spiro atoms. The average Bonchev–Trinajstić information content (AvgIpc) is 3.54. The van der Waals surface area contributed by atoms with Crippen molar-refractivity contribution >= 4 is 23.0 Å². The maximum absolute atomic E-state index is 5.84. The Morgan fingerprint density at radius 3 is 2.30 bits per heavy atom. The summed E-state index contributed by atoms with van der Waals surface area (Å²) in [7, 11) is 0. The Balaban J connectivity index is 1.39. The molecule has 27 heavy (non-hydrogen) atoms. The van der Waals surface area contributed by atoms with E-state index in [0.29, 0.717) is 6.04 Å². The summed E-state index contributed by atoms with van der Waals surface area (Å²) in [6.07, 6.45) is 6.03. The number of ether oxygens (including phenoxy) is 1. The van der Waals surface area contributed by atoms with E-state index in [2.05, 4.69) is 15.2 Å². The summed E-state index contributed by atoms with van der Waals surface area (Å²) in [6.45, 7) is 0.800. The maximum atomic E-state index is 5.84. The van der Waals surface area contributed by atoms with Gasteiger partial charge >= 0.3 is 0 Å². The zero-order valence-electron chi connectivity index (χ0n) is 14.9. The van der Waals surface area contributed by atoms with E-state index in [1.54, 1.807) is 0 Å². The lowest BCUT2D eigenvalue weighted by Gasteiger charge is -2.26. The number of aromatic nitrogens is 1. The van der Waals surface area contributed by atoms with Crippen molar-refractivity contribution in [3.05, 3.63) is 84.7 Å². The van der Waals surface area contributed by atoms with Crippen LogP contribution in [0.3, 0.4) is 0 Å². The van der Waals surface area contributed by atoms with Crippen LogP contribution in [0.1, 0.15) is 18.4 Å². The van der Waals surface area contributed by atoms with E-state index < -0.39 is 0 Å². The highest BCUT2D eigenvalue weighted by molar-refractivity contribution is 7.80. The van der Waals surface area contributed by atoms with Gasteiger partial charge in [0.25, 0.3) is 0 Å². The molecule has 0 bridgehead atoms. The van der Waals surface area contributed by atoms with E-state index in [1.165, 1.54) is 18.4 Å². The summed E-state index contributed by atoms with van der Waals surface area (Å²) < 4.78 is 5.84. The minimum Gasteiger partial charge on any atom is -0.457 e. The monoisotopic (exact) mass is 375 g/mol. The van der Waals surface area contributed by atoms with E-state index in [0.717, 1.165) is 28.8 Å². The summed E-state index contributed by atoms with van der Waals surface area (Å²) in [6, 6.07) is 22.2. The van der Waals surface area contributed by atoms with Crippen LogP contribution in [0.15, 0.2) is 79.1 Å². The van der Waals surface area contributed by atoms with Crippen LogP contribution in [0.5, 0.6) is 11.5 Å². The van der Waals surface area contributed by atoms with Gasteiger partial charge in [-0.1, -0.05) is 18.2 Å². The number of hydrogen-bond acceptors (Lipinski definition) is 3. The number of para-hydroxylation sites is 1. The highest BCUT2D eigenvalue weighted by atomic mass is 32.1. The highest BCUT2D eigenvalue weighted by Gasteiger charge is 2.30.